The van der Waals surface area contributed by atoms with Crippen molar-refractivity contribution in [2.24, 2.45) is 5.92 Å². The van der Waals surface area contributed by atoms with Crippen molar-refractivity contribution >= 4 is 0 Å². The molecule has 0 bridgehead atoms. The molecule has 24 heavy (non-hydrogen) atoms. The first-order valence-corrected chi connectivity index (χ1v) is 11.4. The summed E-state index contributed by atoms with van der Waals surface area (Å²) in [5.41, 5.74) is 0. The molecule has 144 valence electrons. The maximum absolute atomic E-state index is 3.91. The van der Waals surface area contributed by atoms with Crippen LogP contribution in [0, 0.1) is 19.8 Å². The number of rotatable bonds is 20. The van der Waals surface area contributed by atoms with Gasteiger partial charge in [0.2, 0.25) is 0 Å². The zero-order chi connectivity index (χ0) is 17.7. The highest BCUT2D eigenvalue weighted by molar-refractivity contribution is 4.56. The lowest BCUT2D eigenvalue weighted by Gasteiger charge is -2.11. The summed E-state index contributed by atoms with van der Waals surface area (Å²) in [7, 11) is 0. The standard InChI is InChI=1S/C24H48/c1-4-6-8-10-12-13-14-15-17-19-21-23-24(3)22-20-18-16-11-9-7-5-2/h24H,1-2,4-23H2,3H3. The molecule has 0 aliphatic heterocycles. The molecule has 0 saturated heterocycles. The fourth-order valence-corrected chi connectivity index (χ4v) is 3.60. The Morgan fingerprint density at radius 3 is 0.958 bits per heavy atom. The normalized spacial score (nSPS) is 12.6. The van der Waals surface area contributed by atoms with E-state index in [1.54, 1.807) is 0 Å². The van der Waals surface area contributed by atoms with Gasteiger partial charge < -0.3 is 0 Å². The van der Waals surface area contributed by atoms with E-state index in [0.717, 1.165) is 18.8 Å². The minimum absolute atomic E-state index is 0.956. The van der Waals surface area contributed by atoms with E-state index in [4.69, 9.17) is 0 Å². The third-order valence-electron chi connectivity index (χ3n) is 5.39. The van der Waals surface area contributed by atoms with Crippen molar-refractivity contribution < 1.29 is 0 Å². The minimum Gasteiger partial charge on any atom is -0.0625 e. The second kappa shape index (κ2) is 21.0. The molecule has 0 N–H and O–H groups in total. The lowest BCUT2D eigenvalue weighted by molar-refractivity contribution is 0.430. The van der Waals surface area contributed by atoms with Gasteiger partial charge in [0.15, 0.2) is 0 Å². The first kappa shape index (κ1) is 24.0. The largest absolute Gasteiger partial charge is 0.0625 e. The Labute approximate surface area is 155 Å². The molecule has 0 aromatic heterocycles. The van der Waals surface area contributed by atoms with Crippen LogP contribution >= 0.6 is 0 Å². The predicted molar refractivity (Wildman–Crippen MR) is 112 cm³/mol. The Morgan fingerprint density at radius 2 is 0.667 bits per heavy atom. The van der Waals surface area contributed by atoms with Gasteiger partial charge in [-0.3, -0.25) is 0 Å². The minimum atomic E-state index is 0.956. The molecule has 0 fully saturated rings. The summed E-state index contributed by atoms with van der Waals surface area (Å²) in [5.74, 6) is 0.956. The van der Waals surface area contributed by atoms with Gasteiger partial charge in [-0.15, -0.1) is 0 Å². The average molecular weight is 337 g/mol. The van der Waals surface area contributed by atoms with Crippen LogP contribution in [0.1, 0.15) is 135 Å². The molecule has 0 amide bonds. The van der Waals surface area contributed by atoms with Gasteiger partial charge in [-0.25, -0.2) is 0 Å². The first-order valence-electron chi connectivity index (χ1n) is 11.4. The van der Waals surface area contributed by atoms with E-state index >= 15 is 0 Å². The summed E-state index contributed by atoms with van der Waals surface area (Å²) in [5, 5.41) is 0. The molecule has 0 rings (SSSR count). The van der Waals surface area contributed by atoms with Gasteiger partial charge >= 0.3 is 0 Å². The van der Waals surface area contributed by atoms with E-state index in [2.05, 4.69) is 20.8 Å². The summed E-state index contributed by atoms with van der Waals surface area (Å²) >= 11 is 0. The SMILES string of the molecule is [CH2]CCCCCCCCCCCCC(C)CCCCCCCC[CH2]. The Balaban J connectivity index is 3.11. The topological polar surface area (TPSA) is 0 Å². The summed E-state index contributed by atoms with van der Waals surface area (Å²) in [4.78, 5) is 0. The third kappa shape index (κ3) is 20.0. The van der Waals surface area contributed by atoms with Crippen LogP contribution in [-0.2, 0) is 0 Å². The van der Waals surface area contributed by atoms with Crippen molar-refractivity contribution in [1.29, 1.82) is 0 Å². The molecule has 0 spiro atoms. The van der Waals surface area contributed by atoms with Crippen LogP contribution in [0.5, 0.6) is 0 Å². The summed E-state index contributed by atoms with van der Waals surface area (Å²) in [6.45, 7) is 10.3. The molecular formula is C24H48. The number of hydrogen-bond acceptors (Lipinski definition) is 0. The van der Waals surface area contributed by atoms with Crippen LogP contribution in [0.4, 0.5) is 0 Å². The van der Waals surface area contributed by atoms with Gasteiger partial charge in [0.1, 0.15) is 0 Å². The van der Waals surface area contributed by atoms with Crippen LogP contribution in [0.2, 0.25) is 0 Å². The smallest absolute Gasteiger partial charge is 0.0443 e. The van der Waals surface area contributed by atoms with Crippen LogP contribution < -0.4 is 0 Å². The predicted octanol–water partition coefficient (Wildman–Crippen LogP) is 9.09. The summed E-state index contributed by atoms with van der Waals surface area (Å²) in [6.07, 6.45) is 28.1. The molecule has 0 saturated carbocycles. The Hall–Kier alpha value is 0. The highest BCUT2D eigenvalue weighted by Crippen LogP contribution is 2.19. The maximum atomic E-state index is 3.91. The van der Waals surface area contributed by atoms with E-state index < -0.39 is 0 Å². The summed E-state index contributed by atoms with van der Waals surface area (Å²) in [6, 6.07) is 0. The molecule has 0 heterocycles. The zero-order valence-corrected chi connectivity index (χ0v) is 17.1. The van der Waals surface area contributed by atoms with Gasteiger partial charge in [-0.1, -0.05) is 149 Å². The van der Waals surface area contributed by atoms with E-state index in [0.29, 0.717) is 0 Å². The molecule has 1 atom stereocenters. The van der Waals surface area contributed by atoms with Crippen LogP contribution in [0.15, 0.2) is 0 Å². The fraction of sp³-hybridized carbons (Fsp3) is 0.917. The lowest BCUT2D eigenvalue weighted by Crippen LogP contribution is -1.95. The van der Waals surface area contributed by atoms with Gasteiger partial charge in [0.05, 0.1) is 0 Å². The molecule has 0 heteroatoms. The Kier molecular flexibility index (Phi) is 21.0. The van der Waals surface area contributed by atoms with E-state index in [9.17, 15) is 0 Å². The molecule has 1 unspecified atom stereocenters. The maximum Gasteiger partial charge on any atom is -0.0443 e. The van der Waals surface area contributed by atoms with E-state index in [1.807, 2.05) is 0 Å². The van der Waals surface area contributed by atoms with Crippen molar-refractivity contribution in [3.05, 3.63) is 13.8 Å². The van der Waals surface area contributed by atoms with Crippen LogP contribution in [-0.4, -0.2) is 0 Å². The molecular weight excluding hydrogens is 288 g/mol. The summed E-state index contributed by atoms with van der Waals surface area (Å²) < 4.78 is 0. The zero-order valence-electron chi connectivity index (χ0n) is 17.1. The van der Waals surface area contributed by atoms with Crippen LogP contribution in [0.3, 0.4) is 0 Å². The van der Waals surface area contributed by atoms with Crippen molar-refractivity contribution in [2.75, 3.05) is 0 Å². The number of unbranched alkanes of at least 4 members (excludes halogenated alkanes) is 16. The highest BCUT2D eigenvalue weighted by atomic mass is 14.1. The monoisotopic (exact) mass is 336 g/mol. The Morgan fingerprint density at radius 1 is 0.417 bits per heavy atom. The molecule has 0 aromatic carbocycles. The lowest BCUT2D eigenvalue weighted by atomic mass is 9.95. The Bertz CT molecular complexity index is 208. The van der Waals surface area contributed by atoms with Crippen molar-refractivity contribution in [3.8, 4) is 0 Å². The van der Waals surface area contributed by atoms with Crippen molar-refractivity contribution in [2.45, 2.75) is 135 Å². The molecule has 0 nitrogen and oxygen atoms in total. The molecule has 2 radical (unpaired) electrons. The van der Waals surface area contributed by atoms with Crippen LogP contribution in [0.25, 0.3) is 0 Å². The van der Waals surface area contributed by atoms with Gasteiger partial charge in [-0.05, 0) is 5.92 Å². The molecule has 0 aliphatic rings. The second-order valence-corrected chi connectivity index (χ2v) is 8.05. The average Bonchev–Trinajstić information content (AvgIpc) is 2.59. The quantitative estimate of drug-likeness (QED) is 0.194. The van der Waals surface area contributed by atoms with E-state index in [-0.39, 0.29) is 0 Å². The molecule has 0 aliphatic carbocycles. The number of hydrogen-bond donors (Lipinski definition) is 0. The van der Waals surface area contributed by atoms with Crippen molar-refractivity contribution in [1.82, 2.24) is 0 Å². The van der Waals surface area contributed by atoms with Gasteiger partial charge in [0.25, 0.3) is 0 Å². The van der Waals surface area contributed by atoms with Gasteiger partial charge in [0, 0.05) is 0 Å². The van der Waals surface area contributed by atoms with Crippen molar-refractivity contribution in [3.63, 3.8) is 0 Å². The highest BCUT2D eigenvalue weighted by Gasteiger charge is 2.02. The first-order chi connectivity index (χ1) is 11.8. The second-order valence-electron chi connectivity index (χ2n) is 8.05. The fourth-order valence-electron chi connectivity index (χ4n) is 3.60. The van der Waals surface area contributed by atoms with E-state index in [1.165, 1.54) is 116 Å². The molecule has 0 aromatic rings. The third-order valence-corrected chi connectivity index (χ3v) is 5.39. The van der Waals surface area contributed by atoms with Gasteiger partial charge in [-0.2, -0.15) is 0 Å².